The Morgan fingerprint density at radius 1 is 1.04 bits per heavy atom. The van der Waals surface area contributed by atoms with Crippen LogP contribution < -0.4 is 15.4 Å². The van der Waals surface area contributed by atoms with Crippen LogP contribution in [0.15, 0.2) is 72.2 Å². The smallest absolute Gasteiger partial charge is 0.191 e. The zero-order valence-corrected chi connectivity index (χ0v) is 16.4. The largest absolute Gasteiger partial charge is 0.494 e. The van der Waals surface area contributed by atoms with E-state index in [2.05, 4.69) is 34.7 Å². The maximum atomic E-state index is 5.70. The minimum absolute atomic E-state index is 0.550. The number of aromatic nitrogens is 2. The molecule has 0 aliphatic rings. The molecule has 3 aromatic rings. The van der Waals surface area contributed by atoms with Gasteiger partial charge in [0, 0.05) is 31.0 Å². The zero-order valence-electron chi connectivity index (χ0n) is 16.4. The predicted molar refractivity (Wildman–Crippen MR) is 113 cm³/mol. The number of guanidine groups is 1. The van der Waals surface area contributed by atoms with Crippen molar-refractivity contribution in [2.75, 3.05) is 13.2 Å². The number of para-hydroxylation sites is 2. The van der Waals surface area contributed by atoms with Crippen LogP contribution in [0.3, 0.4) is 0 Å². The molecular weight excluding hydrogens is 350 g/mol. The Bertz CT molecular complexity index is 889. The van der Waals surface area contributed by atoms with Gasteiger partial charge in [0.15, 0.2) is 5.96 Å². The number of hydrogen-bond acceptors (Lipinski definition) is 3. The van der Waals surface area contributed by atoms with Gasteiger partial charge < -0.3 is 19.9 Å². The van der Waals surface area contributed by atoms with Gasteiger partial charge in [0.05, 0.1) is 25.2 Å². The van der Waals surface area contributed by atoms with Crippen LogP contribution in [0.2, 0.25) is 0 Å². The summed E-state index contributed by atoms with van der Waals surface area (Å²) in [6.07, 6.45) is 5.54. The Morgan fingerprint density at radius 2 is 1.82 bits per heavy atom. The second-order valence-electron chi connectivity index (χ2n) is 6.19. The molecule has 0 fully saturated rings. The normalized spacial score (nSPS) is 11.3. The van der Waals surface area contributed by atoms with Crippen molar-refractivity contribution in [3.05, 3.63) is 78.4 Å². The third-order valence-corrected chi connectivity index (χ3v) is 4.24. The molecule has 3 rings (SSSR count). The van der Waals surface area contributed by atoms with Crippen LogP contribution in [0, 0.1) is 0 Å². The lowest BCUT2D eigenvalue weighted by molar-refractivity contribution is 0.336. The fourth-order valence-electron chi connectivity index (χ4n) is 2.93. The van der Waals surface area contributed by atoms with Crippen molar-refractivity contribution in [1.29, 1.82) is 0 Å². The molecule has 2 N–H and O–H groups in total. The molecule has 0 radical (unpaired) electrons. The first-order chi connectivity index (χ1) is 13.8. The van der Waals surface area contributed by atoms with Crippen LogP contribution in [0.4, 0.5) is 0 Å². The maximum Gasteiger partial charge on any atom is 0.191 e. The lowest BCUT2D eigenvalue weighted by Crippen LogP contribution is -2.37. The average Bonchev–Trinajstić information content (AvgIpc) is 3.26. The number of benzene rings is 2. The lowest BCUT2D eigenvalue weighted by Gasteiger charge is -2.15. The van der Waals surface area contributed by atoms with E-state index < -0.39 is 0 Å². The van der Waals surface area contributed by atoms with Gasteiger partial charge in [-0.15, -0.1) is 0 Å². The molecule has 28 heavy (non-hydrogen) atoms. The summed E-state index contributed by atoms with van der Waals surface area (Å²) in [5.74, 6) is 1.66. The first kappa shape index (κ1) is 19.5. The van der Waals surface area contributed by atoms with E-state index in [0.29, 0.717) is 19.7 Å². The van der Waals surface area contributed by atoms with E-state index in [9.17, 15) is 0 Å². The van der Waals surface area contributed by atoms with Gasteiger partial charge in [0.2, 0.25) is 0 Å². The molecule has 6 nitrogen and oxygen atoms in total. The standard InChI is InChI=1S/C22H27N5O/c1-3-24-22(26-16-19-10-6-8-12-21(19)28-4-2)25-15-18-9-5-7-11-20(18)27-14-13-23-17-27/h5-14,17H,3-4,15-16H2,1-2H3,(H2,24,25,26). The molecule has 0 atom stereocenters. The van der Waals surface area contributed by atoms with Gasteiger partial charge in [0.25, 0.3) is 0 Å². The van der Waals surface area contributed by atoms with Crippen molar-refractivity contribution < 1.29 is 4.74 Å². The number of aliphatic imine (C=N–C) groups is 1. The van der Waals surface area contributed by atoms with E-state index in [0.717, 1.165) is 29.5 Å². The molecule has 0 bridgehead atoms. The van der Waals surface area contributed by atoms with Crippen LogP contribution >= 0.6 is 0 Å². The molecule has 0 saturated carbocycles. The summed E-state index contributed by atoms with van der Waals surface area (Å²) in [6.45, 7) is 6.70. The minimum atomic E-state index is 0.550. The zero-order chi connectivity index (χ0) is 19.6. The second kappa shape index (κ2) is 10.2. The van der Waals surface area contributed by atoms with Crippen LogP contribution in [-0.2, 0) is 13.1 Å². The summed E-state index contributed by atoms with van der Waals surface area (Å²) in [6, 6.07) is 16.3. The molecule has 0 unspecified atom stereocenters. The fraction of sp³-hybridized carbons (Fsp3) is 0.273. The number of rotatable bonds is 8. The van der Waals surface area contributed by atoms with E-state index in [1.807, 2.05) is 60.4 Å². The molecular formula is C22H27N5O. The van der Waals surface area contributed by atoms with Crippen molar-refractivity contribution in [3.8, 4) is 11.4 Å². The Kier molecular flexibility index (Phi) is 7.07. The number of nitrogens with one attached hydrogen (secondary N) is 2. The van der Waals surface area contributed by atoms with Crippen molar-refractivity contribution in [1.82, 2.24) is 20.2 Å². The highest BCUT2D eigenvalue weighted by Gasteiger charge is 2.06. The minimum Gasteiger partial charge on any atom is -0.494 e. The van der Waals surface area contributed by atoms with E-state index in [-0.39, 0.29) is 0 Å². The molecule has 2 aromatic carbocycles. The number of hydrogen-bond donors (Lipinski definition) is 2. The first-order valence-electron chi connectivity index (χ1n) is 9.61. The SMILES string of the molecule is CCNC(=NCc1ccccc1OCC)NCc1ccccc1-n1ccnc1. The van der Waals surface area contributed by atoms with Crippen molar-refractivity contribution >= 4 is 5.96 Å². The Morgan fingerprint density at radius 3 is 2.57 bits per heavy atom. The first-order valence-corrected chi connectivity index (χ1v) is 9.61. The van der Waals surface area contributed by atoms with E-state index >= 15 is 0 Å². The summed E-state index contributed by atoms with van der Waals surface area (Å²) in [4.78, 5) is 8.87. The second-order valence-corrected chi connectivity index (χ2v) is 6.19. The summed E-state index contributed by atoms with van der Waals surface area (Å²) < 4.78 is 7.71. The Labute approximate surface area is 166 Å². The molecule has 0 spiro atoms. The predicted octanol–water partition coefficient (Wildman–Crippen LogP) is 3.53. The van der Waals surface area contributed by atoms with Gasteiger partial charge in [-0.25, -0.2) is 9.98 Å². The molecule has 0 aliphatic carbocycles. The Hall–Kier alpha value is -3.28. The third-order valence-electron chi connectivity index (χ3n) is 4.24. The average molecular weight is 377 g/mol. The highest BCUT2D eigenvalue weighted by atomic mass is 16.5. The molecule has 1 heterocycles. The maximum absolute atomic E-state index is 5.70. The third kappa shape index (κ3) is 5.13. The van der Waals surface area contributed by atoms with Gasteiger partial charge in [-0.3, -0.25) is 0 Å². The summed E-state index contributed by atoms with van der Waals surface area (Å²) in [5, 5.41) is 6.73. The summed E-state index contributed by atoms with van der Waals surface area (Å²) in [7, 11) is 0. The molecule has 0 aliphatic heterocycles. The quantitative estimate of drug-likeness (QED) is 0.466. The van der Waals surface area contributed by atoms with E-state index in [1.165, 1.54) is 5.56 Å². The highest BCUT2D eigenvalue weighted by molar-refractivity contribution is 5.79. The number of ether oxygens (including phenoxy) is 1. The monoisotopic (exact) mass is 377 g/mol. The molecule has 0 saturated heterocycles. The molecule has 146 valence electrons. The van der Waals surface area contributed by atoms with Crippen LogP contribution in [0.1, 0.15) is 25.0 Å². The van der Waals surface area contributed by atoms with E-state index in [4.69, 9.17) is 9.73 Å². The van der Waals surface area contributed by atoms with Gasteiger partial charge in [-0.1, -0.05) is 36.4 Å². The van der Waals surface area contributed by atoms with Crippen molar-refractivity contribution in [3.63, 3.8) is 0 Å². The van der Waals surface area contributed by atoms with Crippen molar-refractivity contribution in [2.24, 2.45) is 4.99 Å². The highest BCUT2D eigenvalue weighted by Crippen LogP contribution is 2.19. The van der Waals surface area contributed by atoms with Crippen molar-refractivity contribution in [2.45, 2.75) is 26.9 Å². The lowest BCUT2D eigenvalue weighted by atomic mass is 10.1. The van der Waals surface area contributed by atoms with Gasteiger partial charge in [-0.2, -0.15) is 0 Å². The van der Waals surface area contributed by atoms with E-state index in [1.54, 1.807) is 6.20 Å². The summed E-state index contributed by atoms with van der Waals surface area (Å²) >= 11 is 0. The van der Waals surface area contributed by atoms with Gasteiger partial charge in [-0.05, 0) is 31.5 Å². The van der Waals surface area contributed by atoms with Gasteiger partial charge in [0.1, 0.15) is 5.75 Å². The Balaban J connectivity index is 1.72. The molecule has 1 aromatic heterocycles. The fourth-order valence-corrected chi connectivity index (χ4v) is 2.93. The van der Waals surface area contributed by atoms with Crippen LogP contribution in [0.25, 0.3) is 5.69 Å². The summed E-state index contributed by atoms with van der Waals surface area (Å²) in [5.41, 5.74) is 3.34. The van der Waals surface area contributed by atoms with Crippen LogP contribution in [-0.4, -0.2) is 28.7 Å². The van der Waals surface area contributed by atoms with Crippen LogP contribution in [0.5, 0.6) is 5.75 Å². The number of imidazole rings is 1. The molecule has 6 heteroatoms. The van der Waals surface area contributed by atoms with Gasteiger partial charge >= 0.3 is 0 Å². The number of nitrogens with zero attached hydrogens (tertiary/aromatic N) is 3. The molecule has 0 amide bonds. The topological polar surface area (TPSA) is 63.5 Å².